The van der Waals surface area contributed by atoms with Gasteiger partial charge in [0.25, 0.3) is 0 Å². The fourth-order valence-electron chi connectivity index (χ4n) is 2.53. The van der Waals surface area contributed by atoms with Gasteiger partial charge in [0.2, 0.25) is 0 Å². The maximum atomic E-state index is 11.9. The van der Waals surface area contributed by atoms with Gasteiger partial charge in [0.05, 0.1) is 11.3 Å². The molecule has 0 unspecified atom stereocenters. The molecule has 0 amide bonds. The lowest BCUT2D eigenvalue weighted by Crippen LogP contribution is -2.06. The van der Waals surface area contributed by atoms with Crippen LogP contribution in [0.15, 0.2) is 47.6 Å². The fourth-order valence-corrected chi connectivity index (χ4v) is 2.53. The molecule has 0 fully saturated rings. The molecule has 21 heavy (non-hydrogen) atoms. The highest BCUT2D eigenvalue weighted by atomic mass is 16.7. The van der Waals surface area contributed by atoms with Crippen LogP contribution in [0.3, 0.4) is 0 Å². The monoisotopic (exact) mass is 281 g/mol. The normalized spacial score (nSPS) is 11.3. The first-order valence-electron chi connectivity index (χ1n) is 6.88. The Morgan fingerprint density at radius 2 is 1.57 bits per heavy atom. The Bertz CT molecular complexity index is 665. The summed E-state index contributed by atoms with van der Waals surface area (Å²) in [5.74, 6) is -0.447. The highest BCUT2D eigenvalue weighted by Gasteiger charge is 2.10. The first-order valence-corrected chi connectivity index (χ1v) is 6.88. The minimum Gasteiger partial charge on any atom is -0.313 e. The van der Waals surface area contributed by atoms with Crippen molar-refractivity contribution in [3.8, 4) is 0 Å². The van der Waals surface area contributed by atoms with Crippen molar-refractivity contribution in [1.82, 2.24) is 0 Å². The van der Waals surface area contributed by atoms with Gasteiger partial charge in [-0.1, -0.05) is 41.1 Å². The summed E-state index contributed by atoms with van der Waals surface area (Å²) in [6.07, 6.45) is 0. The molecule has 2 rings (SSSR count). The van der Waals surface area contributed by atoms with Crippen LogP contribution in [0.5, 0.6) is 0 Å². The maximum Gasteiger partial charge on any atom is 0.365 e. The molecule has 0 N–H and O–H groups in total. The van der Waals surface area contributed by atoms with Crippen molar-refractivity contribution in [2.45, 2.75) is 27.7 Å². The fraction of sp³-hybridized carbons (Fsp3) is 0.222. The van der Waals surface area contributed by atoms with Crippen LogP contribution in [0.4, 0.5) is 0 Å². The van der Waals surface area contributed by atoms with E-state index in [0.717, 1.165) is 16.7 Å². The number of nitrogens with zero attached hydrogens (tertiary/aromatic N) is 1. The van der Waals surface area contributed by atoms with E-state index < -0.39 is 5.97 Å². The summed E-state index contributed by atoms with van der Waals surface area (Å²) in [5.41, 5.74) is 5.69. The van der Waals surface area contributed by atoms with E-state index >= 15 is 0 Å². The molecule has 0 bridgehead atoms. The van der Waals surface area contributed by atoms with E-state index in [2.05, 4.69) is 24.2 Å². The molecule has 0 aromatic heterocycles. The second kappa shape index (κ2) is 6.35. The number of oxime groups is 1. The molecule has 2 aromatic rings. The van der Waals surface area contributed by atoms with E-state index in [0.29, 0.717) is 11.3 Å². The van der Waals surface area contributed by atoms with Crippen molar-refractivity contribution in [3.63, 3.8) is 0 Å². The van der Waals surface area contributed by atoms with Crippen LogP contribution >= 0.6 is 0 Å². The van der Waals surface area contributed by atoms with Crippen LogP contribution in [-0.2, 0) is 4.84 Å². The van der Waals surface area contributed by atoms with Gasteiger partial charge in [0.1, 0.15) is 0 Å². The van der Waals surface area contributed by atoms with Gasteiger partial charge in [0, 0.05) is 5.56 Å². The van der Waals surface area contributed by atoms with Crippen molar-refractivity contribution in [2.24, 2.45) is 5.16 Å². The van der Waals surface area contributed by atoms with Gasteiger partial charge in [-0.25, -0.2) is 4.79 Å². The Kier molecular flexibility index (Phi) is 4.53. The molecule has 0 spiro atoms. The molecule has 0 saturated heterocycles. The zero-order chi connectivity index (χ0) is 15.4. The summed E-state index contributed by atoms with van der Waals surface area (Å²) < 4.78 is 0. The lowest BCUT2D eigenvalue weighted by Gasteiger charge is -2.10. The summed E-state index contributed by atoms with van der Waals surface area (Å²) in [7, 11) is 0. The van der Waals surface area contributed by atoms with Crippen LogP contribution in [0.25, 0.3) is 0 Å². The highest BCUT2D eigenvalue weighted by molar-refractivity contribution is 6.01. The van der Waals surface area contributed by atoms with Gasteiger partial charge < -0.3 is 4.84 Å². The van der Waals surface area contributed by atoms with Gasteiger partial charge in [-0.2, -0.15) is 0 Å². The third-order valence-corrected chi connectivity index (χ3v) is 3.31. The Morgan fingerprint density at radius 1 is 1.00 bits per heavy atom. The number of carbonyl (C=O) groups excluding carboxylic acids is 1. The Balaban J connectivity index is 2.21. The lowest BCUT2D eigenvalue weighted by molar-refractivity contribution is 0.0516. The first-order chi connectivity index (χ1) is 9.99. The summed E-state index contributed by atoms with van der Waals surface area (Å²) in [6.45, 7) is 7.98. The third kappa shape index (κ3) is 3.57. The molecular formula is C18H19NO2. The van der Waals surface area contributed by atoms with E-state index in [1.54, 1.807) is 24.3 Å². The number of hydrogen-bond acceptors (Lipinski definition) is 3. The summed E-state index contributed by atoms with van der Waals surface area (Å²) in [5, 5.41) is 3.99. The van der Waals surface area contributed by atoms with Crippen LogP contribution < -0.4 is 0 Å². The topological polar surface area (TPSA) is 38.7 Å². The zero-order valence-electron chi connectivity index (χ0n) is 12.8. The van der Waals surface area contributed by atoms with Gasteiger partial charge in [-0.15, -0.1) is 0 Å². The van der Waals surface area contributed by atoms with E-state index in [9.17, 15) is 4.79 Å². The standard InChI is InChI=1S/C18H19NO2/c1-12-10-13(2)17(14(3)11-12)15(4)19-21-18(20)16-8-6-5-7-9-16/h5-11H,1-4H3. The van der Waals surface area contributed by atoms with E-state index in [-0.39, 0.29) is 0 Å². The Morgan fingerprint density at radius 3 is 2.14 bits per heavy atom. The molecule has 3 heteroatoms. The molecule has 0 radical (unpaired) electrons. The largest absolute Gasteiger partial charge is 0.365 e. The predicted molar refractivity (Wildman–Crippen MR) is 84.7 cm³/mol. The summed E-state index contributed by atoms with van der Waals surface area (Å²) in [4.78, 5) is 16.9. The average molecular weight is 281 g/mol. The SMILES string of the molecule is CC(=NOC(=O)c1ccccc1)c1c(C)cc(C)cc1C. The van der Waals surface area contributed by atoms with Crippen LogP contribution in [0, 0.1) is 20.8 Å². The second-order valence-electron chi connectivity index (χ2n) is 5.20. The quantitative estimate of drug-likeness (QED) is 0.480. The zero-order valence-corrected chi connectivity index (χ0v) is 12.8. The summed E-state index contributed by atoms with van der Waals surface area (Å²) >= 11 is 0. The van der Waals surface area contributed by atoms with Crippen molar-refractivity contribution < 1.29 is 9.63 Å². The second-order valence-corrected chi connectivity index (χ2v) is 5.20. The van der Waals surface area contributed by atoms with E-state index in [4.69, 9.17) is 4.84 Å². The number of hydrogen-bond donors (Lipinski definition) is 0. The van der Waals surface area contributed by atoms with Crippen molar-refractivity contribution in [1.29, 1.82) is 0 Å². The maximum absolute atomic E-state index is 11.9. The molecule has 0 aliphatic carbocycles. The number of rotatable bonds is 3. The Hall–Kier alpha value is -2.42. The summed E-state index contributed by atoms with van der Waals surface area (Å²) in [6, 6.07) is 13.0. The van der Waals surface area contributed by atoms with Gasteiger partial charge >= 0.3 is 5.97 Å². The van der Waals surface area contributed by atoms with Crippen LogP contribution in [0.2, 0.25) is 0 Å². The molecule has 0 aliphatic heterocycles. The van der Waals surface area contributed by atoms with E-state index in [1.165, 1.54) is 5.56 Å². The van der Waals surface area contributed by atoms with Crippen molar-refractivity contribution in [2.75, 3.05) is 0 Å². The Labute approximate surface area is 125 Å². The van der Waals surface area contributed by atoms with E-state index in [1.807, 2.05) is 26.8 Å². The van der Waals surface area contributed by atoms with Gasteiger partial charge in [0.15, 0.2) is 0 Å². The van der Waals surface area contributed by atoms with Crippen molar-refractivity contribution >= 4 is 11.7 Å². The third-order valence-electron chi connectivity index (χ3n) is 3.31. The highest BCUT2D eigenvalue weighted by Crippen LogP contribution is 2.17. The first kappa shape index (κ1) is 15.0. The lowest BCUT2D eigenvalue weighted by atomic mass is 9.97. The van der Waals surface area contributed by atoms with Crippen LogP contribution in [0.1, 0.15) is 39.5 Å². The average Bonchev–Trinajstić information content (AvgIpc) is 2.44. The minimum atomic E-state index is -0.447. The van der Waals surface area contributed by atoms with Crippen LogP contribution in [-0.4, -0.2) is 11.7 Å². The molecule has 0 saturated carbocycles. The number of aryl methyl sites for hydroxylation is 3. The predicted octanol–water partition coefficient (Wildman–Crippen LogP) is 4.19. The molecule has 108 valence electrons. The number of carbonyl (C=O) groups is 1. The van der Waals surface area contributed by atoms with Gasteiger partial charge in [-0.05, 0) is 51.0 Å². The molecule has 0 heterocycles. The molecular weight excluding hydrogens is 262 g/mol. The van der Waals surface area contributed by atoms with Crippen molar-refractivity contribution in [3.05, 3.63) is 70.3 Å². The number of benzene rings is 2. The van der Waals surface area contributed by atoms with Gasteiger partial charge in [-0.3, -0.25) is 0 Å². The minimum absolute atomic E-state index is 0.447. The molecule has 0 atom stereocenters. The molecule has 3 nitrogen and oxygen atoms in total. The molecule has 0 aliphatic rings. The molecule has 2 aromatic carbocycles. The smallest absolute Gasteiger partial charge is 0.313 e.